The number of likely N-dealkylation sites (tertiary alicyclic amines) is 1. The third-order valence-corrected chi connectivity index (χ3v) is 6.51. The summed E-state index contributed by atoms with van der Waals surface area (Å²) in [6, 6.07) is 12.4. The highest BCUT2D eigenvalue weighted by Crippen LogP contribution is 2.39. The first-order chi connectivity index (χ1) is 13.0. The Morgan fingerprint density at radius 3 is 2.74 bits per heavy atom. The van der Waals surface area contributed by atoms with Gasteiger partial charge in [0.25, 0.3) is 0 Å². The van der Waals surface area contributed by atoms with E-state index in [1.165, 1.54) is 10.4 Å². The van der Waals surface area contributed by atoms with Gasteiger partial charge in [-0.25, -0.2) is 0 Å². The molecule has 1 aromatic carbocycles. The maximum atomic E-state index is 13.4. The van der Waals surface area contributed by atoms with Crippen molar-refractivity contribution >= 4 is 23.2 Å². The van der Waals surface area contributed by atoms with Crippen molar-refractivity contribution in [2.24, 2.45) is 11.8 Å². The van der Waals surface area contributed by atoms with Crippen LogP contribution in [0.15, 0.2) is 41.8 Å². The van der Waals surface area contributed by atoms with E-state index >= 15 is 0 Å². The lowest BCUT2D eigenvalue weighted by molar-refractivity contribution is -0.137. The van der Waals surface area contributed by atoms with Crippen molar-refractivity contribution in [2.45, 2.75) is 32.7 Å². The van der Waals surface area contributed by atoms with Crippen LogP contribution in [-0.4, -0.2) is 41.2 Å². The Hall–Kier alpha value is -2.14. The number of fused-ring (bicyclic) bond motifs is 1. The second-order valence-electron chi connectivity index (χ2n) is 7.99. The SMILES string of the molecule is CC(C)CN1C[C@H](C(=O)N2CCc3sccc3[C@H]2c2ccccc2)CC1=O. The fourth-order valence-corrected chi connectivity index (χ4v) is 5.24. The first kappa shape index (κ1) is 18.2. The lowest BCUT2D eigenvalue weighted by Gasteiger charge is -2.37. The Bertz CT molecular complexity index is 830. The molecular formula is C22H26N2O2S. The Morgan fingerprint density at radius 1 is 1.22 bits per heavy atom. The van der Waals surface area contributed by atoms with Gasteiger partial charge in [0.05, 0.1) is 12.0 Å². The fourth-order valence-electron chi connectivity index (χ4n) is 4.34. The normalized spacial score (nSPS) is 22.4. The highest BCUT2D eigenvalue weighted by atomic mass is 32.1. The molecule has 5 heteroatoms. The monoisotopic (exact) mass is 382 g/mol. The van der Waals surface area contributed by atoms with Crippen LogP contribution >= 0.6 is 11.3 Å². The molecule has 0 saturated carbocycles. The lowest BCUT2D eigenvalue weighted by atomic mass is 9.91. The number of amides is 2. The Kier molecular flexibility index (Phi) is 5.04. The van der Waals surface area contributed by atoms with Crippen LogP contribution in [0, 0.1) is 11.8 Å². The molecule has 1 fully saturated rings. The third kappa shape index (κ3) is 3.53. The molecule has 2 amide bonds. The molecule has 0 unspecified atom stereocenters. The number of carbonyl (C=O) groups excluding carboxylic acids is 2. The van der Waals surface area contributed by atoms with Crippen molar-refractivity contribution in [3.05, 3.63) is 57.8 Å². The van der Waals surface area contributed by atoms with Crippen molar-refractivity contribution in [3.8, 4) is 0 Å². The van der Waals surface area contributed by atoms with E-state index in [-0.39, 0.29) is 23.8 Å². The van der Waals surface area contributed by atoms with Crippen LogP contribution in [-0.2, 0) is 16.0 Å². The number of nitrogens with zero attached hydrogens (tertiary/aromatic N) is 2. The van der Waals surface area contributed by atoms with Crippen LogP contribution in [0.25, 0.3) is 0 Å². The van der Waals surface area contributed by atoms with Crippen LogP contribution < -0.4 is 0 Å². The van der Waals surface area contributed by atoms with Gasteiger partial charge in [-0.05, 0) is 34.9 Å². The Morgan fingerprint density at radius 2 is 2.00 bits per heavy atom. The van der Waals surface area contributed by atoms with Gasteiger partial charge in [-0.2, -0.15) is 0 Å². The molecule has 4 rings (SSSR count). The molecule has 3 heterocycles. The van der Waals surface area contributed by atoms with E-state index < -0.39 is 0 Å². The summed E-state index contributed by atoms with van der Waals surface area (Å²) >= 11 is 1.78. The minimum absolute atomic E-state index is 0.0389. The number of rotatable bonds is 4. The standard InChI is InChI=1S/C22H26N2O2S/c1-15(2)13-23-14-17(12-20(23)25)22(26)24-10-8-19-18(9-11-27-19)21(24)16-6-4-3-5-7-16/h3-7,9,11,15,17,21H,8,10,12-14H2,1-2H3/t17-,21-/m1/s1. The summed E-state index contributed by atoms with van der Waals surface area (Å²) in [4.78, 5) is 31.1. The molecule has 4 nitrogen and oxygen atoms in total. The molecule has 2 aromatic rings. The Labute approximate surface area is 164 Å². The van der Waals surface area contributed by atoms with Gasteiger partial charge in [-0.15, -0.1) is 11.3 Å². The molecule has 2 atom stereocenters. The zero-order valence-corrected chi connectivity index (χ0v) is 16.7. The van der Waals surface area contributed by atoms with Crippen molar-refractivity contribution in [1.29, 1.82) is 0 Å². The molecule has 1 aromatic heterocycles. The zero-order valence-electron chi connectivity index (χ0n) is 15.9. The van der Waals surface area contributed by atoms with E-state index in [4.69, 9.17) is 0 Å². The minimum Gasteiger partial charge on any atom is -0.342 e. The van der Waals surface area contributed by atoms with Gasteiger partial charge in [-0.3, -0.25) is 9.59 Å². The first-order valence-electron chi connectivity index (χ1n) is 9.74. The average molecular weight is 383 g/mol. The molecular weight excluding hydrogens is 356 g/mol. The number of hydrogen-bond acceptors (Lipinski definition) is 3. The van der Waals surface area contributed by atoms with E-state index in [0.717, 1.165) is 25.1 Å². The molecule has 2 aliphatic heterocycles. The van der Waals surface area contributed by atoms with Gasteiger partial charge < -0.3 is 9.80 Å². The number of benzene rings is 1. The Balaban J connectivity index is 1.60. The molecule has 0 N–H and O–H groups in total. The van der Waals surface area contributed by atoms with Crippen molar-refractivity contribution in [1.82, 2.24) is 9.80 Å². The van der Waals surface area contributed by atoms with Crippen molar-refractivity contribution < 1.29 is 9.59 Å². The number of thiophene rings is 1. The summed E-state index contributed by atoms with van der Waals surface area (Å²) in [6.07, 6.45) is 1.25. The van der Waals surface area contributed by atoms with Gasteiger partial charge in [0, 0.05) is 30.9 Å². The molecule has 142 valence electrons. The van der Waals surface area contributed by atoms with Gasteiger partial charge >= 0.3 is 0 Å². The molecule has 0 aliphatic carbocycles. The highest BCUT2D eigenvalue weighted by molar-refractivity contribution is 7.10. The van der Waals surface area contributed by atoms with E-state index in [1.54, 1.807) is 11.3 Å². The second-order valence-corrected chi connectivity index (χ2v) is 8.99. The van der Waals surface area contributed by atoms with E-state index in [2.05, 4.69) is 37.4 Å². The van der Waals surface area contributed by atoms with Gasteiger partial charge in [-0.1, -0.05) is 44.2 Å². The maximum absolute atomic E-state index is 13.4. The van der Waals surface area contributed by atoms with Gasteiger partial charge in [0.15, 0.2) is 0 Å². The molecule has 27 heavy (non-hydrogen) atoms. The molecule has 0 bridgehead atoms. The predicted octanol–water partition coefficient (Wildman–Crippen LogP) is 3.73. The van der Waals surface area contributed by atoms with Crippen LogP contribution in [0.3, 0.4) is 0 Å². The van der Waals surface area contributed by atoms with E-state index in [0.29, 0.717) is 18.9 Å². The summed E-state index contributed by atoms with van der Waals surface area (Å²) in [5.41, 5.74) is 2.39. The summed E-state index contributed by atoms with van der Waals surface area (Å²) < 4.78 is 0. The van der Waals surface area contributed by atoms with Gasteiger partial charge in [0.2, 0.25) is 11.8 Å². The molecule has 2 aliphatic rings. The lowest BCUT2D eigenvalue weighted by Crippen LogP contribution is -2.44. The van der Waals surface area contributed by atoms with Crippen LogP contribution in [0.5, 0.6) is 0 Å². The smallest absolute Gasteiger partial charge is 0.228 e. The van der Waals surface area contributed by atoms with Crippen LogP contribution in [0.1, 0.15) is 42.3 Å². The van der Waals surface area contributed by atoms with Crippen LogP contribution in [0.4, 0.5) is 0 Å². The van der Waals surface area contributed by atoms with Gasteiger partial charge in [0.1, 0.15) is 0 Å². The third-order valence-electron chi connectivity index (χ3n) is 5.51. The zero-order chi connectivity index (χ0) is 19.0. The summed E-state index contributed by atoms with van der Waals surface area (Å²) in [6.45, 7) is 6.23. The molecule has 1 saturated heterocycles. The summed E-state index contributed by atoms with van der Waals surface area (Å²) in [7, 11) is 0. The summed E-state index contributed by atoms with van der Waals surface area (Å²) in [5, 5.41) is 2.12. The first-order valence-corrected chi connectivity index (χ1v) is 10.6. The molecule has 0 spiro atoms. The quantitative estimate of drug-likeness (QED) is 0.808. The van der Waals surface area contributed by atoms with E-state index in [1.807, 2.05) is 28.0 Å². The maximum Gasteiger partial charge on any atom is 0.228 e. The number of hydrogen-bond donors (Lipinski definition) is 0. The van der Waals surface area contributed by atoms with Crippen LogP contribution in [0.2, 0.25) is 0 Å². The van der Waals surface area contributed by atoms with Crippen molar-refractivity contribution in [2.75, 3.05) is 19.6 Å². The number of carbonyl (C=O) groups is 2. The molecule has 0 radical (unpaired) electrons. The van der Waals surface area contributed by atoms with Crippen molar-refractivity contribution in [3.63, 3.8) is 0 Å². The largest absolute Gasteiger partial charge is 0.342 e. The topological polar surface area (TPSA) is 40.6 Å². The predicted molar refractivity (Wildman–Crippen MR) is 108 cm³/mol. The highest BCUT2D eigenvalue weighted by Gasteiger charge is 2.40. The fraction of sp³-hybridized carbons (Fsp3) is 0.455. The summed E-state index contributed by atoms with van der Waals surface area (Å²) in [5.74, 6) is 0.442. The second kappa shape index (κ2) is 7.47. The average Bonchev–Trinajstić information content (AvgIpc) is 3.27. The van der Waals surface area contributed by atoms with E-state index in [9.17, 15) is 9.59 Å². The minimum atomic E-state index is -0.220.